The average molecular weight is 438 g/mol. The molecule has 32 heavy (non-hydrogen) atoms. The second-order valence-electron chi connectivity index (χ2n) is 7.08. The number of para-hydroxylation sites is 1. The highest BCUT2D eigenvalue weighted by Crippen LogP contribution is 2.31. The highest BCUT2D eigenvalue weighted by molar-refractivity contribution is 5.93. The monoisotopic (exact) mass is 438 g/mol. The predicted octanol–water partition coefficient (Wildman–Crippen LogP) is 3.08. The Morgan fingerprint density at radius 2 is 1.16 bits per heavy atom. The van der Waals surface area contributed by atoms with Crippen LogP contribution in [-0.4, -0.2) is 48.5 Å². The van der Waals surface area contributed by atoms with E-state index in [-0.39, 0.29) is 35.1 Å². The fourth-order valence-electron chi connectivity index (χ4n) is 3.37. The van der Waals surface area contributed by atoms with Gasteiger partial charge in [0.2, 0.25) is 0 Å². The normalized spacial score (nSPS) is 10.6. The number of carboxylic acid groups (broad SMARTS) is 3. The van der Waals surface area contributed by atoms with Crippen molar-refractivity contribution in [3.63, 3.8) is 0 Å². The Morgan fingerprint density at radius 1 is 0.594 bits per heavy atom. The molecular formula is C23H18O9. The molecule has 0 spiro atoms. The lowest BCUT2D eigenvalue weighted by Crippen LogP contribution is -2.04. The summed E-state index contributed by atoms with van der Waals surface area (Å²) in [5.41, 5.74) is 0.164. The van der Waals surface area contributed by atoms with Crippen molar-refractivity contribution in [3.8, 4) is 17.2 Å². The first-order valence-electron chi connectivity index (χ1n) is 9.25. The fourth-order valence-corrected chi connectivity index (χ4v) is 3.37. The van der Waals surface area contributed by atoms with Gasteiger partial charge in [0.15, 0.2) is 0 Å². The summed E-state index contributed by atoms with van der Waals surface area (Å²) < 4.78 is 0. The van der Waals surface area contributed by atoms with Crippen LogP contribution in [0.1, 0.15) is 53.3 Å². The molecule has 3 aromatic rings. The molecule has 0 saturated carbocycles. The van der Waals surface area contributed by atoms with E-state index >= 15 is 0 Å². The molecule has 0 saturated heterocycles. The van der Waals surface area contributed by atoms with Gasteiger partial charge in [-0.15, -0.1) is 0 Å². The van der Waals surface area contributed by atoms with Gasteiger partial charge in [-0.1, -0.05) is 24.3 Å². The maximum Gasteiger partial charge on any atom is 0.339 e. The van der Waals surface area contributed by atoms with Crippen LogP contribution in [0.5, 0.6) is 17.2 Å². The van der Waals surface area contributed by atoms with E-state index < -0.39 is 40.7 Å². The van der Waals surface area contributed by atoms with Crippen molar-refractivity contribution in [2.75, 3.05) is 0 Å². The Labute approximate surface area is 181 Å². The zero-order valence-electron chi connectivity index (χ0n) is 16.4. The van der Waals surface area contributed by atoms with Crippen molar-refractivity contribution in [1.29, 1.82) is 0 Å². The lowest BCUT2D eigenvalue weighted by molar-refractivity contribution is 0.0682. The van der Waals surface area contributed by atoms with E-state index in [0.717, 1.165) is 0 Å². The van der Waals surface area contributed by atoms with E-state index in [1.54, 1.807) is 0 Å². The third-order valence-corrected chi connectivity index (χ3v) is 4.91. The number of aromatic hydroxyl groups is 3. The van der Waals surface area contributed by atoms with Crippen molar-refractivity contribution in [1.82, 2.24) is 0 Å². The summed E-state index contributed by atoms with van der Waals surface area (Å²) >= 11 is 0. The maximum atomic E-state index is 11.6. The first-order valence-corrected chi connectivity index (χ1v) is 9.25. The second kappa shape index (κ2) is 8.68. The molecule has 0 heterocycles. The summed E-state index contributed by atoms with van der Waals surface area (Å²) in [6.07, 6.45) is -0.0574. The summed E-state index contributed by atoms with van der Waals surface area (Å²) in [5, 5.41) is 58.2. The lowest BCUT2D eigenvalue weighted by atomic mass is 9.94. The summed E-state index contributed by atoms with van der Waals surface area (Å²) in [5.74, 6) is -5.44. The molecule has 9 heteroatoms. The van der Waals surface area contributed by atoms with Gasteiger partial charge < -0.3 is 30.6 Å². The Morgan fingerprint density at radius 3 is 1.78 bits per heavy atom. The van der Waals surface area contributed by atoms with Crippen molar-refractivity contribution < 1.29 is 45.0 Å². The molecule has 3 rings (SSSR count). The van der Waals surface area contributed by atoms with Gasteiger partial charge >= 0.3 is 17.9 Å². The van der Waals surface area contributed by atoms with Gasteiger partial charge in [0.1, 0.15) is 33.9 Å². The zero-order chi connectivity index (χ0) is 23.6. The minimum absolute atomic E-state index is 0.0174. The van der Waals surface area contributed by atoms with Crippen LogP contribution in [0.2, 0.25) is 0 Å². The van der Waals surface area contributed by atoms with Gasteiger partial charge in [0.05, 0.1) is 0 Å². The SMILES string of the molecule is O=C(O)c1cc(Cc2cc(Cc3cccc(C(=O)O)c3O)cc(C(=O)O)c2O)ccc1O. The predicted molar refractivity (Wildman–Crippen MR) is 111 cm³/mol. The van der Waals surface area contributed by atoms with E-state index in [0.29, 0.717) is 11.1 Å². The van der Waals surface area contributed by atoms with Gasteiger partial charge in [0.25, 0.3) is 0 Å². The van der Waals surface area contributed by atoms with Crippen LogP contribution >= 0.6 is 0 Å². The minimum Gasteiger partial charge on any atom is -0.507 e. The third kappa shape index (κ3) is 4.46. The standard InChI is InChI=1S/C23H18O9/c24-18-5-4-11(9-16(18)22(29)30)6-14-8-12(10-17(20(14)26)23(31)32)7-13-2-1-3-15(19(13)25)21(27)28/h1-5,8-10,24-26H,6-7H2,(H,27,28)(H,29,30)(H,31,32). The average Bonchev–Trinajstić information content (AvgIpc) is 2.72. The number of rotatable bonds is 7. The van der Waals surface area contributed by atoms with E-state index in [9.17, 15) is 39.9 Å². The van der Waals surface area contributed by atoms with Crippen molar-refractivity contribution >= 4 is 17.9 Å². The quantitative estimate of drug-likeness (QED) is 0.324. The van der Waals surface area contributed by atoms with Crippen LogP contribution in [0, 0.1) is 0 Å². The number of hydrogen-bond donors (Lipinski definition) is 6. The van der Waals surface area contributed by atoms with Crippen LogP contribution in [0.15, 0.2) is 48.5 Å². The molecule has 6 N–H and O–H groups in total. The molecule has 0 radical (unpaired) electrons. The molecule has 0 unspecified atom stereocenters. The second-order valence-corrected chi connectivity index (χ2v) is 7.08. The van der Waals surface area contributed by atoms with Crippen LogP contribution in [0.25, 0.3) is 0 Å². The van der Waals surface area contributed by atoms with Crippen LogP contribution < -0.4 is 0 Å². The van der Waals surface area contributed by atoms with Gasteiger partial charge in [0, 0.05) is 12.8 Å². The van der Waals surface area contributed by atoms with Gasteiger partial charge in [-0.05, 0) is 46.5 Å². The van der Waals surface area contributed by atoms with Crippen LogP contribution in [0.4, 0.5) is 0 Å². The van der Waals surface area contributed by atoms with Gasteiger partial charge in [-0.3, -0.25) is 0 Å². The van der Waals surface area contributed by atoms with Crippen molar-refractivity contribution in [3.05, 3.63) is 87.5 Å². The smallest absolute Gasteiger partial charge is 0.339 e. The first-order chi connectivity index (χ1) is 15.1. The van der Waals surface area contributed by atoms with E-state index in [1.807, 2.05) is 0 Å². The van der Waals surface area contributed by atoms with Crippen LogP contribution in [-0.2, 0) is 12.8 Å². The molecule has 0 atom stereocenters. The molecule has 0 bridgehead atoms. The van der Waals surface area contributed by atoms with E-state index in [1.165, 1.54) is 48.5 Å². The molecule has 0 aliphatic heterocycles. The van der Waals surface area contributed by atoms with Crippen molar-refractivity contribution in [2.24, 2.45) is 0 Å². The molecule has 164 valence electrons. The Bertz CT molecular complexity index is 1240. The third-order valence-electron chi connectivity index (χ3n) is 4.91. The molecule has 3 aromatic carbocycles. The molecule has 0 fully saturated rings. The lowest BCUT2D eigenvalue weighted by Gasteiger charge is -2.13. The van der Waals surface area contributed by atoms with Gasteiger partial charge in [-0.2, -0.15) is 0 Å². The van der Waals surface area contributed by atoms with E-state index in [2.05, 4.69) is 0 Å². The summed E-state index contributed by atoms with van der Waals surface area (Å²) in [6, 6.07) is 10.7. The number of hydrogen-bond acceptors (Lipinski definition) is 6. The molecule has 0 amide bonds. The van der Waals surface area contributed by atoms with Crippen molar-refractivity contribution in [2.45, 2.75) is 12.8 Å². The largest absolute Gasteiger partial charge is 0.507 e. The fraction of sp³-hybridized carbons (Fsp3) is 0.0870. The topological polar surface area (TPSA) is 173 Å². The highest BCUT2D eigenvalue weighted by Gasteiger charge is 2.19. The molecule has 9 nitrogen and oxygen atoms in total. The minimum atomic E-state index is -1.40. The summed E-state index contributed by atoms with van der Waals surface area (Å²) in [6.45, 7) is 0. The summed E-state index contributed by atoms with van der Waals surface area (Å²) in [4.78, 5) is 34.1. The number of aromatic carboxylic acids is 3. The summed E-state index contributed by atoms with van der Waals surface area (Å²) in [7, 11) is 0. The first kappa shape index (κ1) is 22.2. The molecule has 0 aliphatic carbocycles. The Hall–Kier alpha value is -4.53. The van der Waals surface area contributed by atoms with Crippen LogP contribution in [0.3, 0.4) is 0 Å². The maximum absolute atomic E-state index is 11.6. The number of carboxylic acids is 3. The Kier molecular flexibility index (Phi) is 6.01. The molecular weight excluding hydrogens is 420 g/mol. The number of carbonyl (C=O) groups is 3. The van der Waals surface area contributed by atoms with E-state index in [4.69, 9.17) is 5.11 Å². The Balaban J connectivity index is 2.05. The number of benzene rings is 3. The zero-order valence-corrected chi connectivity index (χ0v) is 16.4. The highest BCUT2D eigenvalue weighted by atomic mass is 16.4. The molecule has 0 aromatic heterocycles. The number of phenols is 3. The molecule has 0 aliphatic rings. The van der Waals surface area contributed by atoms with Gasteiger partial charge in [-0.25, -0.2) is 14.4 Å².